The molecule has 1 aromatic rings. The summed E-state index contributed by atoms with van der Waals surface area (Å²) in [6, 6.07) is 0. The SMILES string of the molecule is CCOC(=O)c1c(C)nc(CN)nc1C. The molecule has 0 atom stereocenters. The number of esters is 1. The molecular weight excluding hydrogens is 194 g/mol. The Morgan fingerprint density at radius 3 is 2.27 bits per heavy atom. The van der Waals surface area contributed by atoms with Gasteiger partial charge < -0.3 is 10.5 Å². The Labute approximate surface area is 88.7 Å². The van der Waals surface area contributed by atoms with E-state index >= 15 is 0 Å². The van der Waals surface area contributed by atoms with E-state index in [1.54, 1.807) is 20.8 Å². The number of rotatable bonds is 3. The third-order valence-electron chi connectivity index (χ3n) is 1.98. The van der Waals surface area contributed by atoms with Crippen LogP contribution in [0.5, 0.6) is 0 Å². The Kier molecular flexibility index (Phi) is 3.74. The van der Waals surface area contributed by atoms with Crippen molar-refractivity contribution < 1.29 is 9.53 Å². The summed E-state index contributed by atoms with van der Waals surface area (Å²) in [5.74, 6) is 0.161. The Morgan fingerprint density at radius 1 is 1.33 bits per heavy atom. The van der Waals surface area contributed by atoms with Gasteiger partial charge in [-0.25, -0.2) is 14.8 Å². The molecule has 0 saturated heterocycles. The van der Waals surface area contributed by atoms with E-state index in [0.717, 1.165) is 0 Å². The topological polar surface area (TPSA) is 78.1 Å². The number of carbonyl (C=O) groups excluding carboxylic acids is 1. The van der Waals surface area contributed by atoms with Crippen LogP contribution in [0.3, 0.4) is 0 Å². The third-order valence-corrected chi connectivity index (χ3v) is 1.98. The van der Waals surface area contributed by atoms with Gasteiger partial charge >= 0.3 is 5.97 Å². The Morgan fingerprint density at radius 2 is 1.87 bits per heavy atom. The van der Waals surface area contributed by atoms with Crippen LogP contribution in [0, 0.1) is 13.8 Å². The van der Waals surface area contributed by atoms with Gasteiger partial charge in [0.15, 0.2) is 0 Å². The molecule has 0 aliphatic heterocycles. The Bertz CT molecular complexity index is 354. The maximum atomic E-state index is 11.6. The number of nitrogens with two attached hydrogens (primary N) is 1. The predicted molar refractivity (Wildman–Crippen MR) is 55.4 cm³/mol. The summed E-state index contributed by atoms with van der Waals surface area (Å²) < 4.78 is 4.91. The van der Waals surface area contributed by atoms with Crippen molar-refractivity contribution in [2.24, 2.45) is 5.73 Å². The summed E-state index contributed by atoms with van der Waals surface area (Å²) in [5.41, 5.74) is 7.10. The quantitative estimate of drug-likeness (QED) is 0.742. The molecule has 0 aliphatic carbocycles. The molecule has 0 fully saturated rings. The van der Waals surface area contributed by atoms with Gasteiger partial charge in [-0.3, -0.25) is 0 Å². The van der Waals surface area contributed by atoms with E-state index in [1.165, 1.54) is 0 Å². The van der Waals surface area contributed by atoms with Crippen LogP contribution in [0.2, 0.25) is 0 Å². The van der Waals surface area contributed by atoms with Gasteiger partial charge in [-0.2, -0.15) is 0 Å². The molecule has 0 radical (unpaired) electrons. The molecule has 0 bridgehead atoms. The normalized spacial score (nSPS) is 10.1. The second kappa shape index (κ2) is 4.84. The highest BCUT2D eigenvalue weighted by atomic mass is 16.5. The van der Waals surface area contributed by atoms with Crippen molar-refractivity contribution in [1.82, 2.24) is 9.97 Å². The lowest BCUT2D eigenvalue weighted by Crippen LogP contribution is -2.14. The predicted octanol–water partition coefficient (Wildman–Crippen LogP) is 0.729. The zero-order chi connectivity index (χ0) is 11.4. The van der Waals surface area contributed by atoms with Crippen molar-refractivity contribution in [2.75, 3.05) is 6.61 Å². The van der Waals surface area contributed by atoms with E-state index in [-0.39, 0.29) is 12.5 Å². The first-order valence-electron chi connectivity index (χ1n) is 4.81. The Balaban J connectivity index is 3.13. The van der Waals surface area contributed by atoms with Crippen LogP contribution < -0.4 is 5.73 Å². The highest BCUT2D eigenvalue weighted by Crippen LogP contribution is 2.11. The molecule has 5 nitrogen and oxygen atoms in total. The maximum absolute atomic E-state index is 11.6. The fraction of sp³-hybridized carbons (Fsp3) is 0.500. The van der Waals surface area contributed by atoms with Crippen LogP contribution in [0.1, 0.15) is 34.5 Å². The van der Waals surface area contributed by atoms with Gasteiger partial charge in [-0.15, -0.1) is 0 Å². The monoisotopic (exact) mass is 209 g/mol. The third kappa shape index (κ3) is 2.50. The minimum atomic E-state index is -0.379. The number of nitrogens with zero attached hydrogens (tertiary/aromatic N) is 2. The first-order chi connectivity index (χ1) is 7.10. The van der Waals surface area contributed by atoms with Gasteiger partial charge in [0.05, 0.1) is 24.5 Å². The number of hydrogen-bond acceptors (Lipinski definition) is 5. The van der Waals surface area contributed by atoms with E-state index in [9.17, 15) is 4.79 Å². The lowest BCUT2D eigenvalue weighted by atomic mass is 10.2. The van der Waals surface area contributed by atoms with Crippen LogP contribution in [-0.2, 0) is 11.3 Å². The van der Waals surface area contributed by atoms with E-state index in [1.807, 2.05) is 0 Å². The smallest absolute Gasteiger partial charge is 0.341 e. The van der Waals surface area contributed by atoms with Crippen molar-refractivity contribution in [1.29, 1.82) is 0 Å². The molecule has 0 spiro atoms. The summed E-state index contributed by atoms with van der Waals surface area (Å²) in [6.07, 6.45) is 0. The van der Waals surface area contributed by atoms with Gasteiger partial charge in [0.2, 0.25) is 0 Å². The van der Waals surface area contributed by atoms with Gasteiger partial charge in [0, 0.05) is 0 Å². The van der Waals surface area contributed by atoms with E-state index < -0.39 is 0 Å². The standard InChI is InChI=1S/C10H15N3O2/c1-4-15-10(14)9-6(2)12-8(5-11)13-7(9)3/h4-5,11H2,1-3H3. The maximum Gasteiger partial charge on any atom is 0.341 e. The van der Waals surface area contributed by atoms with Crippen LogP contribution in [0.25, 0.3) is 0 Å². The molecule has 1 heterocycles. The molecule has 0 aromatic carbocycles. The van der Waals surface area contributed by atoms with Crippen molar-refractivity contribution in [3.05, 3.63) is 22.8 Å². The second-order valence-electron chi connectivity index (χ2n) is 3.11. The fourth-order valence-electron chi connectivity index (χ4n) is 1.38. The van der Waals surface area contributed by atoms with E-state index in [0.29, 0.717) is 29.4 Å². The van der Waals surface area contributed by atoms with Crippen LogP contribution in [0.4, 0.5) is 0 Å². The first-order valence-corrected chi connectivity index (χ1v) is 4.81. The second-order valence-corrected chi connectivity index (χ2v) is 3.11. The number of aryl methyl sites for hydroxylation is 2. The average Bonchev–Trinajstić information content (AvgIpc) is 2.16. The largest absolute Gasteiger partial charge is 0.462 e. The van der Waals surface area contributed by atoms with Gasteiger partial charge in [-0.1, -0.05) is 0 Å². The number of hydrogen-bond donors (Lipinski definition) is 1. The summed E-state index contributed by atoms with van der Waals surface area (Å²) in [5, 5.41) is 0. The molecule has 1 aromatic heterocycles. The number of ether oxygens (including phenoxy) is 1. The minimum absolute atomic E-state index is 0.269. The minimum Gasteiger partial charge on any atom is -0.462 e. The van der Waals surface area contributed by atoms with Crippen LogP contribution in [-0.4, -0.2) is 22.5 Å². The first kappa shape index (κ1) is 11.6. The summed E-state index contributed by atoms with van der Waals surface area (Å²) in [6.45, 7) is 5.87. The zero-order valence-corrected chi connectivity index (χ0v) is 9.20. The molecule has 82 valence electrons. The van der Waals surface area contributed by atoms with Gasteiger partial charge in [0.25, 0.3) is 0 Å². The highest BCUT2D eigenvalue weighted by molar-refractivity contribution is 5.91. The molecule has 15 heavy (non-hydrogen) atoms. The van der Waals surface area contributed by atoms with E-state index in [2.05, 4.69) is 9.97 Å². The summed E-state index contributed by atoms with van der Waals surface area (Å²) in [7, 11) is 0. The van der Waals surface area contributed by atoms with Crippen molar-refractivity contribution in [3.8, 4) is 0 Å². The van der Waals surface area contributed by atoms with Crippen molar-refractivity contribution in [2.45, 2.75) is 27.3 Å². The lowest BCUT2D eigenvalue weighted by Gasteiger charge is -2.08. The average molecular weight is 209 g/mol. The van der Waals surface area contributed by atoms with Crippen molar-refractivity contribution in [3.63, 3.8) is 0 Å². The summed E-state index contributed by atoms with van der Waals surface area (Å²) in [4.78, 5) is 19.8. The molecule has 1 rings (SSSR count). The molecule has 0 unspecified atom stereocenters. The Hall–Kier alpha value is -1.49. The summed E-state index contributed by atoms with van der Waals surface area (Å²) >= 11 is 0. The molecule has 2 N–H and O–H groups in total. The van der Waals surface area contributed by atoms with Crippen LogP contribution >= 0.6 is 0 Å². The molecule has 5 heteroatoms. The molecule has 0 saturated carbocycles. The lowest BCUT2D eigenvalue weighted by molar-refractivity contribution is 0.0523. The highest BCUT2D eigenvalue weighted by Gasteiger charge is 2.16. The fourth-order valence-corrected chi connectivity index (χ4v) is 1.38. The van der Waals surface area contributed by atoms with Crippen LogP contribution in [0.15, 0.2) is 0 Å². The molecule has 0 aliphatic rings. The molecular formula is C10H15N3O2. The van der Waals surface area contributed by atoms with Gasteiger partial charge in [-0.05, 0) is 20.8 Å². The van der Waals surface area contributed by atoms with Gasteiger partial charge in [0.1, 0.15) is 11.4 Å². The zero-order valence-electron chi connectivity index (χ0n) is 9.20. The molecule has 0 amide bonds. The van der Waals surface area contributed by atoms with Crippen molar-refractivity contribution >= 4 is 5.97 Å². The number of carbonyl (C=O) groups is 1. The number of aromatic nitrogens is 2. The van der Waals surface area contributed by atoms with E-state index in [4.69, 9.17) is 10.5 Å².